The van der Waals surface area contributed by atoms with Crippen LogP contribution in [0.2, 0.25) is 0 Å². The van der Waals surface area contributed by atoms with Gasteiger partial charge in [0.1, 0.15) is 0 Å². The molecular formula is C14H28N2O3. The molecule has 112 valence electrons. The van der Waals surface area contributed by atoms with E-state index in [4.69, 9.17) is 4.74 Å². The molecule has 0 heterocycles. The molecule has 0 unspecified atom stereocenters. The summed E-state index contributed by atoms with van der Waals surface area (Å²) in [6.45, 7) is 9.43. The summed E-state index contributed by atoms with van der Waals surface area (Å²) in [5, 5.41) is 2.98. The SMILES string of the molecule is CCCN(CC(=O)NC(CC)CC)CC(=O)OCC. The van der Waals surface area contributed by atoms with Crippen molar-refractivity contribution >= 4 is 11.9 Å². The highest BCUT2D eigenvalue weighted by atomic mass is 16.5. The Balaban J connectivity index is 4.24. The van der Waals surface area contributed by atoms with Crippen LogP contribution in [0.15, 0.2) is 0 Å². The first-order valence-electron chi connectivity index (χ1n) is 7.24. The van der Waals surface area contributed by atoms with E-state index in [-0.39, 0.29) is 31.0 Å². The van der Waals surface area contributed by atoms with Crippen molar-refractivity contribution < 1.29 is 14.3 Å². The van der Waals surface area contributed by atoms with Crippen molar-refractivity contribution in [1.82, 2.24) is 10.2 Å². The average Bonchev–Trinajstić information content (AvgIpc) is 2.36. The third-order valence-electron chi connectivity index (χ3n) is 2.92. The highest BCUT2D eigenvalue weighted by Crippen LogP contribution is 1.98. The molecule has 0 aliphatic rings. The Hall–Kier alpha value is -1.10. The van der Waals surface area contributed by atoms with E-state index < -0.39 is 0 Å². The number of rotatable bonds is 10. The second-order valence-electron chi connectivity index (χ2n) is 4.60. The lowest BCUT2D eigenvalue weighted by Crippen LogP contribution is -2.43. The van der Waals surface area contributed by atoms with E-state index in [0.717, 1.165) is 25.8 Å². The number of ether oxygens (including phenoxy) is 1. The lowest BCUT2D eigenvalue weighted by atomic mass is 10.2. The zero-order valence-corrected chi connectivity index (χ0v) is 12.7. The van der Waals surface area contributed by atoms with Gasteiger partial charge in [0.2, 0.25) is 5.91 Å². The summed E-state index contributed by atoms with van der Waals surface area (Å²) >= 11 is 0. The predicted molar refractivity (Wildman–Crippen MR) is 75.9 cm³/mol. The summed E-state index contributed by atoms with van der Waals surface area (Å²) < 4.78 is 4.91. The number of hydrogen-bond donors (Lipinski definition) is 1. The predicted octanol–water partition coefficient (Wildman–Crippen LogP) is 1.57. The van der Waals surface area contributed by atoms with Crippen LogP contribution in [0.5, 0.6) is 0 Å². The van der Waals surface area contributed by atoms with Gasteiger partial charge >= 0.3 is 5.97 Å². The second kappa shape index (κ2) is 10.8. The van der Waals surface area contributed by atoms with Crippen LogP contribution in [0.25, 0.3) is 0 Å². The number of carbonyl (C=O) groups excluding carboxylic acids is 2. The highest BCUT2D eigenvalue weighted by Gasteiger charge is 2.16. The van der Waals surface area contributed by atoms with Gasteiger partial charge in [0.25, 0.3) is 0 Å². The summed E-state index contributed by atoms with van der Waals surface area (Å²) in [6.07, 6.45) is 2.75. The maximum Gasteiger partial charge on any atom is 0.320 e. The van der Waals surface area contributed by atoms with Crippen LogP contribution in [0.4, 0.5) is 0 Å². The number of hydrogen-bond acceptors (Lipinski definition) is 4. The molecule has 19 heavy (non-hydrogen) atoms. The molecule has 0 radical (unpaired) electrons. The molecule has 0 bridgehead atoms. The zero-order valence-electron chi connectivity index (χ0n) is 12.7. The number of nitrogens with one attached hydrogen (secondary N) is 1. The van der Waals surface area contributed by atoms with Gasteiger partial charge < -0.3 is 10.1 Å². The standard InChI is InChI=1S/C14H28N2O3/c1-5-9-16(11-14(18)19-8-4)10-13(17)15-12(6-2)7-3/h12H,5-11H2,1-4H3,(H,15,17). The minimum atomic E-state index is -0.272. The van der Waals surface area contributed by atoms with Gasteiger partial charge in [0, 0.05) is 6.04 Å². The molecule has 5 heteroatoms. The van der Waals surface area contributed by atoms with Crippen molar-refractivity contribution in [3.8, 4) is 0 Å². The van der Waals surface area contributed by atoms with Gasteiger partial charge in [0.05, 0.1) is 19.7 Å². The van der Waals surface area contributed by atoms with E-state index in [9.17, 15) is 9.59 Å². The maximum atomic E-state index is 11.9. The number of esters is 1. The van der Waals surface area contributed by atoms with Crippen LogP contribution in [0, 0.1) is 0 Å². The van der Waals surface area contributed by atoms with Gasteiger partial charge in [-0.2, -0.15) is 0 Å². The summed E-state index contributed by atoms with van der Waals surface area (Å²) in [4.78, 5) is 25.2. The van der Waals surface area contributed by atoms with Crippen LogP contribution in [-0.4, -0.2) is 49.1 Å². The summed E-state index contributed by atoms with van der Waals surface area (Å²) in [5.41, 5.74) is 0. The Morgan fingerprint density at radius 3 is 2.21 bits per heavy atom. The summed E-state index contributed by atoms with van der Waals surface area (Å²) in [6, 6.07) is 0.221. The van der Waals surface area contributed by atoms with Crippen molar-refractivity contribution in [1.29, 1.82) is 0 Å². The molecule has 0 spiro atoms. The van der Waals surface area contributed by atoms with Crippen molar-refractivity contribution in [2.45, 2.75) is 53.0 Å². The molecule has 0 saturated heterocycles. The first-order valence-corrected chi connectivity index (χ1v) is 7.24. The Morgan fingerprint density at radius 2 is 1.74 bits per heavy atom. The number of carbonyl (C=O) groups is 2. The zero-order chi connectivity index (χ0) is 14.7. The topological polar surface area (TPSA) is 58.6 Å². The van der Waals surface area contributed by atoms with E-state index in [1.165, 1.54) is 0 Å². The van der Waals surface area contributed by atoms with Gasteiger partial charge in [-0.05, 0) is 32.7 Å². The molecule has 0 aliphatic heterocycles. The van der Waals surface area contributed by atoms with Gasteiger partial charge in [-0.25, -0.2) is 0 Å². The third kappa shape index (κ3) is 8.59. The van der Waals surface area contributed by atoms with Gasteiger partial charge in [-0.15, -0.1) is 0 Å². The first-order chi connectivity index (χ1) is 9.07. The lowest BCUT2D eigenvalue weighted by molar-refractivity contribution is -0.144. The van der Waals surface area contributed by atoms with Gasteiger partial charge in [-0.1, -0.05) is 20.8 Å². The third-order valence-corrected chi connectivity index (χ3v) is 2.92. The molecule has 5 nitrogen and oxygen atoms in total. The molecule has 0 atom stereocenters. The summed E-state index contributed by atoms with van der Waals surface area (Å²) in [5.74, 6) is -0.294. The average molecular weight is 272 g/mol. The number of nitrogens with zero attached hydrogens (tertiary/aromatic N) is 1. The normalized spacial score (nSPS) is 10.8. The van der Waals surface area contributed by atoms with Gasteiger partial charge in [0.15, 0.2) is 0 Å². The molecule has 0 rings (SSSR count). The van der Waals surface area contributed by atoms with Crippen LogP contribution in [0.3, 0.4) is 0 Å². The number of amides is 1. The summed E-state index contributed by atoms with van der Waals surface area (Å²) in [7, 11) is 0. The quantitative estimate of drug-likeness (QED) is 0.613. The Morgan fingerprint density at radius 1 is 1.11 bits per heavy atom. The van der Waals surface area contributed by atoms with Crippen molar-refractivity contribution in [2.24, 2.45) is 0 Å². The van der Waals surface area contributed by atoms with Crippen molar-refractivity contribution in [3.05, 3.63) is 0 Å². The van der Waals surface area contributed by atoms with Crippen LogP contribution < -0.4 is 5.32 Å². The molecule has 0 aliphatic carbocycles. The van der Waals surface area contributed by atoms with Crippen LogP contribution in [-0.2, 0) is 14.3 Å². The largest absolute Gasteiger partial charge is 0.465 e. The molecule has 1 N–H and O–H groups in total. The smallest absolute Gasteiger partial charge is 0.320 e. The maximum absolute atomic E-state index is 11.9. The highest BCUT2D eigenvalue weighted by molar-refractivity contribution is 5.79. The van der Waals surface area contributed by atoms with E-state index in [0.29, 0.717) is 6.61 Å². The van der Waals surface area contributed by atoms with E-state index in [1.54, 1.807) is 6.92 Å². The van der Waals surface area contributed by atoms with Crippen molar-refractivity contribution in [2.75, 3.05) is 26.2 Å². The Kier molecular flexibility index (Phi) is 10.2. The molecular weight excluding hydrogens is 244 g/mol. The Bertz CT molecular complexity index is 265. The molecule has 0 aromatic carbocycles. The van der Waals surface area contributed by atoms with Gasteiger partial charge in [-0.3, -0.25) is 14.5 Å². The van der Waals surface area contributed by atoms with Crippen LogP contribution in [0.1, 0.15) is 47.0 Å². The fourth-order valence-corrected chi connectivity index (χ4v) is 1.89. The fraction of sp³-hybridized carbons (Fsp3) is 0.857. The van der Waals surface area contributed by atoms with Crippen molar-refractivity contribution in [3.63, 3.8) is 0 Å². The fourth-order valence-electron chi connectivity index (χ4n) is 1.89. The monoisotopic (exact) mass is 272 g/mol. The minimum Gasteiger partial charge on any atom is -0.465 e. The molecule has 0 saturated carbocycles. The first kappa shape index (κ1) is 17.9. The van der Waals surface area contributed by atoms with E-state index in [2.05, 4.69) is 19.2 Å². The molecule has 0 aromatic heterocycles. The lowest BCUT2D eigenvalue weighted by Gasteiger charge is -2.22. The van der Waals surface area contributed by atoms with E-state index >= 15 is 0 Å². The molecule has 1 amide bonds. The van der Waals surface area contributed by atoms with E-state index in [1.807, 2.05) is 11.8 Å². The second-order valence-corrected chi connectivity index (χ2v) is 4.60. The minimum absolute atomic E-state index is 0.0218. The molecule has 0 fully saturated rings. The molecule has 0 aromatic rings. The Labute approximate surface area is 116 Å². The van der Waals surface area contributed by atoms with Crippen LogP contribution >= 0.6 is 0 Å².